The smallest absolute Gasteiger partial charge is 0.378 e. The van der Waals surface area contributed by atoms with Crippen molar-refractivity contribution in [1.29, 1.82) is 0 Å². The fourth-order valence-electron chi connectivity index (χ4n) is 1.93. The van der Waals surface area contributed by atoms with Crippen LogP contribution in [0.25, 0.3) is 0 Å². The SMILES string of the molecule is CN(C)c1ccc(/C=N/NC(=S)Nc2ccc(C(F)(F)F)cc2)cc1. The third kappa shape index (κ3) is 5.75. The van der Waals surface area contributed by atoms with Gasteiger partial charge in [-0.15, -0.1) is 0 Å². The van der Waals surface area contributed by atoms with Gasteiger partial charge in [-0.25, -0.2) is 0 Å². The minimum absolute atomic E-state index is 0.181. The van der Waals surface area contributed by atoms with Gasteiger partial charge in [0.25, 0.3) is 0 Å². The van der Waals surface area contributed by atoms with Crippen LogP contribution in [0, 0.1) is 0 Å². The lowest BCUT2D eigenvalue weighted by atomic mass is 10.2. The molecule has 2 rings (SSSR count). The standard InChI is InChI=1S/C17H17F3N4S/c1-24(2)15-9-3-12(4-10-15)11-21-23-16(25)22-14-7-5-13(6-8-14)17(18,19)20/h3-11H,1-2H3,(H2,22,23,25)/b21-11+. The van der Waals surface area contributed by atoms with E-state index >= 15 is 0 Å². The van der Waals surface area contributed by atoms with Crippen LogP contribution in [0.2, 0.25) is 0 Å². The van der Waals surface area contributed by atoms with Crippen molar-refractivity contribution in [2.24, 2.45) is 5.10 Å². The second-order valence-electron chi connectivity index (χ2n) is 5.39. The summed E-state index contributed by atoms with van der Waals surface area (Å²) in [4.78, 5) is 1.99. The molecular weight excluding hydrogens is 349 g/mol. The zero-order chi connectivity index (χ0) is 18.4. The van der Waals surface area contributed by atoms with Crippen LogP contribution < -0.4 is 15.6 Å². The van der Waals surface area contributed by atoms with Crippen LogP contribution in [0.15, 0.2) is 53.6 Å². The fraction of sp³-hybridized carbons (Fsp3) is 0.176. The lowest BCUT2D eigenvalue weighted by Crippen LogP contribution is -2.23. The number of anilines is 2. The summed E-state index contributed by atoms with van der Waals surface area (Å²) < 4.78 is 37.5. The summed E-state index contributed by atoms with van der Waals surface area (Å²) in [5.41, 5.74) is 4.31. The molecule has 0 atom stereocenters. The average Bonchev–Trinajstić information content (AvgIpc) is 2.55. The summed E-state index contributed by atoms with van der Waals surface area (Å²) in [5, 5.41) is 6.94. The molecule has 2 aromatic carbocycles. The fourth-order valence-corrected chi connectivity index (χ4v) is 2.10. The monoisotopic (exact) mass is 366 g/mol. The Balaban J connectivity index is 1.87. The highest BCUT2D eigenvalue weighted by Crippen LogP contribution is 2.29. The van der Waals surface area contributed by atoms with E-state index in [4.69, 9.17) is 12.2 Å². The number of alkyl halides is 3. The van der Waals surface area contributed by atoms with Gasteiger partial charge in [-0.05, 0) is 54.2 Å². The third-order valence-electron chi connectivity index (χ3n) is 3.26. The first-order valence-electron chi connectivity index (χ1n) is 7.30. The van der Waals surface area contributed by atoms with Crippen molar-refractivity contribution in [1.82, 2.24) is 5.43 Å². The normalized spacial score (nSPS) is 11.4. The van der Waals surface area contributed by atoms with E-state index in [-0.39, 0.29) is 5.11 Å². The van der Waals surface area contributed by atoms with Gasteiger partial charge in [-0.3, -0.25) is 5.43 Å². The molecule has 2 N–H and O–H groups in total. The number of benzene rings is 2. The average molecular weight is 366 g/mol. The largest absolute Gasteiger partial charge is 0.416 e. The van der Waals surface area contributed by atoms with Crippen molar-refractivity contribution >= 4 is 34.9 Å². The molecule has 0 aromatic heterocycles. The molecule has 0 heterocycles. The highest BCUT2D eigenvalue weighted by atomic mass is 32.1. The maximum atomic E-state index is 12.5. The van der Waals surface area contributed by atoms with Crippen LogP contribution in [0.5, 0.6) is 0 Å². The topological polar surface area (TPSA) is 39.7 Å². The number of hydrazone groups is 1. The van der Waals surface area contributed by atoms with E-state index in [1.54, 1.807) is 6.21 Å². The predicted molar refractivity (Wildman–Crippen MR) is 99.2 cm³/mol. The van der Waals surface area contributed by atoms with Gasteiger partial charge in [0.1, 0.15) is 0 Å². The number of halogens is 3. The van der Waals surface area contributed by atoms with Gasteiger partial charge in [0.15, 0.2) is 5.11 Å². The van der Waals surface area contributed by atoms with Crippen LogP contribution in [-0.4, -0.2) is 25.4 Å². The quantitative estimate of drug-likeness (QED) is 0.486. The molecule has 25 heavy (non-hydrogen) atoms. The van der Waals surface area contributed by atoms with Crippen molar-refractivity contribution in [2.45, 2.75) is 6.18 Å². The number of hydrogen-bond donors (Lipinski definition) is 2. The van der Waals surface area contributed by atoms with E-state index in [2.05, 4.69) is 15.8 Å². The Morgan fingerprint density at radius 1 is 1.04 bits per heavy atom. The van der Waals surface area contributed by atoms with Crippen LogP contribution in [-0.2, 0) is 6.18 Å². The molecule has 0 aliphatic carbocycles. The number of nitrogens with one attached hydrogen (secondary N) is 2. The van der Waals surface area contributed by atoms with E-state index in [1.165, 1.54) is 12.1 Å². The van der Waals surface area contributed by atoms with Crippen molar-refractivity contribution in [3.05, 3.63) is 59.7 Å². The molecule has 0 saturated carbocycles. The molecule has 0 fully saturated rings. The molecule has 0 spiro atoms. The molecule has 0 aliphatic heterocycles. The molecule has 2 aromatic rings. The van der Waals surface area contributed by atoms with Crippen molar-refractivity contribution in [3.63, 3.8) is 0 Å². The van der Waals surface area contributed by atoms with Gasteiger partial charge in [0.05, 0.1) is 11.8 Å². The Morgan fingerprint density at radius 3 is 2.16 bits per heavy atom. The van der Waals surface area contributed by atoms with E-state index in [1.807, 2.05) is 43.3 Å². The van der Waals surface area contributed by atoms with E-state index in [9.17, 15) is 13.2 Å². The Bertz CT molecular complexity index is 738. The number of rotatable bonds is 4. The van der Waals surface area contributed by atoms with Gasteiger partial charge >= 0.3 is 6.18 Å². The summed E-state index contributed by atoms with van der Waals surface area (Å²) in [6, 6.07) is 12.3. The highest BCUT2D eigenvalue weighted by molar-refractivity contribution is 7.80. The summed E-state index contributed by atoms with van der Waals surface area (Å²) in [6.45, 7) is 0. The molecule has 0 saturated heterocycles. The van der Waals surface area contributed by atoms with Crippen LogP contribution in [0.1, 0.15) is 11.1 Å². The molecule has 0 amide bonds. The van der Waals surface area contributed by atoms with Crippen LogP contribution in [0.4, 0.5) is 24.5 Å². The van der Waals surface area contributed by atoms with Gasteiger partial charge in [-0.1, -0.05) is 12.1 Å². The molecule has 0 unspecified atom stereocenters. The molecule has 0 bridgehead atoms. The molecule has 4 nitrogen and oxygen atoms in total. The number of thiocarbonyl (C=S) groups is 1. The van der Waals surface area contributed by atoms with Gasteiger partial charge in [0, 0.05) is 25.5 Å². The van der Waals surface area contributed by atoms with Crippen LogP contribution in [0.3, 0.4) is 0 Å². The first-order chi connectivity index (χ1) is 11.8. The van der Waals surface area contributed by atoms with Crippen LogP contribution >= 0.6 is 12.2 Å². The Hall–Kier alpha value is -2.61. The summed E-state index contributed by atoms with van der Waals surface area (Å²) in [6.07, 6.45) is -2.76. The van der Waals surface area contributed by atoms with E-state index in [0.717, 1.165) is 23.4 Å². The van der Waals surface area contributed by atoms with Gasteiger partial charge < -0.3 is 10.2 Å². The molecule has 132 valence electrons. The predicted octanol–water partition coefficient (Wildman–Crippen LogP) is 4.09. The minimum atomic E-state index is -4.36. The summed E-state index contributed by atoms with van der Waals surface area (Å²) in [7, 11) is 3.91. The Morgan fingerprint density at radius 2 is 1.64 bits per heavy atom. The van der Waals surface area contributed by atoms with Crippen molar-refractivity contribution in [2.75, 3.05) is 24.3 Å². The van der Waals surface area contributed by atoms with Gasteiger partial charge in [-0.2, -0.15) is 18.3 Å². The maximum Gasteiger partial charge on any atom is 0.416 e. The van der Waals surface area contributed by atoms with Crippen molar-refractivity contribution < 1.29 is 13.2 Å². The second kappa shape index (κ2) is 7.98. The zero-order valence-electron chi connectivity index (χ0n) is 13.6. The second-order valence-corrected chi connectivity index (χ2v) is 5.79. The first kappa shape index (κ1) is 18.7. The Labute approximate surface area is 149 Å². The lowest BCUT2D eigenvalue weighted by molar-refractivity contribution is -0.137. The molecule has 0 radical (unpaired) electrons. The maximum absolute atomic E-state index is 12.5. The summed E-state index contributed by atoms with van der Waals surface area (Å²) in [5.74, 6) is 0. The third-order valence-corrected chi connectivity index (χ3v) is 3.45. The summed E-state index contributed by atoms with van der Waals surface area (Å²) >= 11 is 5.05. The van der Waals surface area contributed by atoms with Gasteiger partial charge in [0.2, 0.25) is 0 Å². The molecule has 0 aliphatic rings. The Kier molecular flexibility index (Phi) is 5.97. The van der Waals surface area contributed by atoms with E-state index < -0.39 is 11.7 Å². The lowest BCUT2D eigenvalue weighted by Gasteiger charge is -2.11. The highest BCUT2D eigenvalue weighted by Gasteiger charge is 2.29. The number of nitrogens with zero attached hydrogens (tertiary/aromatic N) is 2. The zero-order valence-corrected chi connectivity index (χ0v) is 14.4. The molecular formula is C17H17F3N4S. The minimum Gasteiger partial charge on any atom is -0.378 e. The molecule has 8 heteroatoms. The first-order valence-corrected chi connectivity index (χ1v) is 7.71. The van der Waals surface area contributed by atoms with Crippen molar-refractivity contribution in [3.8, 4) is 0 Å². The van der Waals surface area contributed by atoms with E-state index in [0.29, 0.717) is 5.69 Å². The number of hydrogen-bond acceptors (Lipinski definition) is 3.